The highest BCUT2D eigenvalue weighted by atomic mass is 127. The normalized spacial score (nSPS) is 13.2. The first-order chi connectivity index (χ1) is 13.7. The molecule has 7 nitrogen and oxygen atoms in total. The van der Waals surface area contributed by atoms with Crippen molar-refractivity contribution in [1.29, 1.82) is 0 Å². The molecule has 0 spiro atoms. The summed E-state index contributed by atoms with van der Waals surface area (Å²) < 4.78 is 5.50. The van der Waals surface area contributed by atoms with Gasteiger partial charge in [-0.05, 0) is 57.5 Å². The van der Waals surface area contributed by atoms with E-state index in [1.165, 1.54) is 0 Å². The van der Waals surface area contributed by atoms with E-state index in [9.17, 15) is 9.90 Å². The maximum atomic E-state index is 12.2. The highest BCUT2D eigenvalue weighted by molar-refractivity contribution is 14.0. The Bertz CT molecular complexity index is 868. The molecule has 0 aliphatic rings. The van der Waals surface area contributed by atoms with Crippen LogP contribution in [0.15, 0.2) is 39.7 Å². The Morgan fingerprint density at radius 3 is 2.57 bits per heavy atom. The molecule has 0 radical (unpaired) electrons. The van der Waals surface area contributed by atoms with Crippen molar-refractivity contribution in [3.8, 4) is 0 Å². The van der Waals surface area contributed by atoms with E-state index in [-0.39, 0.29) is 42.8 Å². The molecule has 1 atom stereocenters. The van der Waals surface area contributed by atoms with Crippen LogP contribution in [0.25, 0.3) is 0 Å². The minimum absolute atomic E-state index is 0. The molecular weight excluding hydrogens is 519 g/mol. The molecule has 0 bridgehead atoms. The first kappa shape index (κ1) is 26.3. The number of guanidine groups is 1. The van der Waals surface area contributed by atoms with Crippen LogP contribution in [0.5, 0.6) is 0 Å². The molecule has 9 heteroatoms. The predicted octanol–water partition coefficient (Wildman–Crippen LogP) is 3.96. The summed E-state index contributed by atoms with van der Waals surface area (Å²) in [5, 5.41) is 20.1. The Labute approximate surface area is 199 Å². The Kier molecular flexibility index (Phi) is 10.6. The Morgan fingerprint density at radius 1 is 1.23 bits per heavy atom. The van der Waals surface area contributed by atoms with E-state index in [0.29, 0.717) is 35.5 Å². The smallest absolute Gasteiger partial charge is 0.226 e. The molecule has 1 unspecified atom stereocenters. The molecule has 1 amide bonds. The second-order valence-electron chi connectivity index (χ2n) is 7.09. The van der Waals surface area contributed by atoms with Gasteiger partial charge in [-0.1, -0.05) is 17.7 Å². The molecule has 2 rings (SSSR count). The van der Waals surface area contributed by atoms with Gasteiger partial charge in [-0.2, -0.15) is 0 Å². The van der Waals surface area contributed by atoms with Crippen molar-refractivity contribution in [2.45, 2.75) is 39.7 Å². The molecule has 0 fully saturated rings. The zero-order chi connectivity index (χ0) is 21.4. The number of hydrogen-bond acceptors (Lipinski definition) is 4. The molecule has 0 aliphatic carbocycles. The number of halogens is 2. The van der Waals surface area contributed by atoms with Gasteiger partial charge in [0.15, 0.2) is 5.96 Å². The topological polar surface area (TPSA) is 98.9 Å². The van der Waals surface area contributed by atoms with E-state index in [1.54, 1.807) is 31.2 Å². The van der Waals surface area contributed by atoms with Crippen molar-refractivity contribution >= 4 is 53.1 Å². The maximum absolute atomic E-state index is 12.2. The number of rotatable bonds is 8. The van der Waals surface area contributed by atoms with Gasteiger partial charge < -0.3 is 25.5 Å². The minimum Gasteiger partial charge on any atom is -0.463 e. The highest BCUT2D eigenvalue weighted by Gasteiger charge is 2.26. The van der Waals surface area contributed by atoms with Crippen LogP contribution in [0, 0.1) is 13.8 Å². The second kappa shape index (κ2) is 12.2. The van der Waals surface area contributed by atoms with Gasteiger partial charge in [0.05, 0.1) is 17.3 Å². The van der Waals surface area contributed by atoms with E-state index < -0.39 is 5.60 Å². The third-order valence-corrected chi connectivity index (χ3v) is 4.52. The van der Waals surface area contributed by atoms with Crippen molar-refractivity contribution in [1.82, 2.24) is 10.6 Å². The van der Waals surface area contributed by atoms with Crippen LogP contribution in [-0.2, 0) is 10.4 Å². The van der Waals surface area contributed by atoms with Gasteiger partial charge in [0.1, 0.15) is 17.1 Å². The van der Waals surface area contributed by atoms with Gasteiger partial charge in [-0.15, -0.1) is 24.0 Å². The van der Waals surface area contributed by atoms with Gasteiger partial charge in [-0.25, -0.2) is 4.99 Å². The van der Waals surface area contributed by atoms with Gasteiger partial charge >= 0.3 is 0 Å². The number of aliphatic imine (C=N–C) groups is 1. The third kappa shape index (κ3) is 8.16. The molecule has 0 saturated heterocycles. The van der Waals surface area contributed by atoms with Crippen molar-refractivity contribution in [3.05, 3.63) is 52.4 Å². The number of anilines is 1. The fourth-order valence-corrected chi connectivity index (χ4v) is 2.89. The van der Waals surface area contributed by atoms with Crippen LogP contribution < -0.4 is 16.0 Å². The molecule has 1 aromatic heterocycles. The quantitative estimate of drug-likeness (QED) is 0.227. The number of aryl methyl sites for hydroxylation is 2. The van der Waals surface area contributed by atoms with Gasteiger partial charge in [0.2, 0.25) is 5.91 Å². The molecule has 0 saturated carbocycles. The van der Waals surface area contributed by atoms with Crippen molar-refractivity contribution < 1.29 is 14.3 Å². The Morgan fingerprint density at radius 2 is 1.97 bits per heavy atom. The molecule has 166 valence electrons. The number of benzene rings is 1. The zero-order valence-electron chi connectivity index (χ0n) is 17.7. The number of aliphatic hydroxyl groups is 1. The Hall–Kier alpha value is -1.78. The summed E-state index contributed by atoms with van der Waals surface area (Å²) in [7, 11) is 0. The molecule has 1 aromatic carbocycles. The van der Waals surface area contributed by atoms with Crippen LogP contribution in [0.4, 0.5) is 5.69 Å². The number of furan rings is 1. The SMILES string of the molecule is CCNC(=NCC(C)(O)c1ccc(C)o1)NCCC(=O)Nc1ccc(C)cc1Cl.I. The fourth-order valence-electron chi connectivity index (χ4n) is 2.61. The van der Waals surface area contributed by atoms with Crippen LogP contribution in [0.1, 0.15) is 37.4 Å². The third-order valence-electron chi connectivity index (χ3n) is 4.20. The summed E-state index contributed by atoms with van der Waals surface area (Å²) in [6.45, 7) is 8.49. The van der Waals surface area contributed by atoms with Crippen LogP contribution in [-0.4, -0.2) is 36.6 Å². The van der Waals surface area contributed by atoms with E-state index in [2.05, 4.69) is 20.9 Å². The van der Waals surface area contributed by atoms with Crippen LogP contribution >= 0.6 is 35.6 Å². The number of nitrogens with one attached hydrogen (secondary N) is 3. The van der Waals surface area contributed by atoms with Gasteiger partial charge in [0.25, 0.3) is 0 Å². The number of carbonyl (C=O) groups excluding carboxylic acids is 1. The average molecular weight is 549 g/mol. The predicted molar refractivity (Wildman–Crippen MR) is 132 cm³/mol. The highest BCUT2D eigenvalue weighted by Crippen LogP contribution is 2.23. The minimum atomic E-state index is -1.23. The summed E-state index contributed by atoms with van der Waals surface area (Å²) in [5.74, 6) is 1.55. The van der Waals surface area contributed by atoms with E-state index in [0.717, 1.165) is 11.3 Å². The van der Waals surface area contributed by atoms with Crippen LogP contribution in [0.2, 0.25) is 5.02 Å². The number of amides is 1. The van der Waals surface area contributed by atoms with Crippen molar-refractivity contribution in [3.63, 3.8) is 0 Å². The summed E-state index contributed by atoms with van der Waals surface area (Å²) in [6, 6.07) is 9.02. The van der Waals surface area contributed by atoms with Crippen molar-refractivity contribution in [2.75, 3.05) is 25.0 Å². The lowest BCUT2D eigenvalue weighted by atomic mass is 10.0. The number of carbonyl (C=O) groups is 1. The largest absolute Gasteiger partial charge is 0.463 e. The van der Waals surface area contributed by atoms with E-state index in [1.807, 2.05) is 26.8 Å². The van der Waals surface area contributed by atoms with Crippen LogP contribution in [0.3, 0.4) is 0 Å². The summed E-state index contributed by atoms with van der Waals surface area (Å²) in [5.41, 5.74) is 0.394. The molecule has 1 heterocycles. The monoisotopic (exact) mass is 548 g/mol. The molecular formula is C21H30ClIN4O3. The van der Waals surface area contributed by atoms with Gasteiger partial charge in [0, 0.05) is 19.5 Å². The second-order valence-corrected chi connectivity index (χ2v) is 7.49. The lowest BCUT2D eigenvalue weighted by Crippen LogP contribution is -2.40. The fraction of sp³-hybridized carbons (Fsp3) is 0.429. The molecule has 30 heavy (non-hydrogen) atoms. The molecule has 0 aliphatic heterocycles. The average Bonchev–Trinajstić information content (AvgIpc) is 3.09. The van der Waals surface area contributed by atoms with Crippen molar-refractivity contribution in [2.24, 2.45) is 4.99 Å². The number of hydrogen-bond donors (Lipinski definition) is 4. The lowest BCUT2D eigenvalue weighted by molar-refractivity contribution is -0.116. The summed E-state index contributed by atoms with van der Waals surface area (Å²) in [6.07, 6.45) is 0.238. The Balaban J connectivity index is 0.00000450. The zero-order valence-corrected chi connectivity index (χ0v) is 20.8. The summed E-state index contributed by atoms with van der Waals surface area (Å²) in [4.78, 5) is 16.6. The number of nitrogens with zero attached hydrogens (tertiary/aromatic N) is 1. The lowest BCUT2D eigenvalue weighted by Gasteiger charge is -2.19. The van der Waals surface area contributed by atoms with Gasteiger partial charge in [-0.3, -0.25) is 4.79 Å². The summed E-state index contributed by atoms with van der Waals surface area (Å²) >= 11 is 6.14. The maximum Gasteiger partial charge on any atom is 0.226 e. The van der Waals surface area contributed by atoms with E-state index in [4.69, 9.17) is 16.0 Å². The standard InChI is InChI=1S/C21H29ClN4O3.HI/c1-5-23-20(25-13-21(4,28)18-9-7-15(3)29-18)24-11-10-19(27)26-17-8-6-14(2)12-16(17)22;/h6-9,12,28H,5,10-11,13H2,1-4H3,(H,26,27)(H2,23,24,25);1H. The van der Waals surface area contributed by atoms with E-state index >= 15 is 0 Å². The molecule has 2 aromatic rings. The molecule has 4 N–H and O–H groups in total. The first-order valence-electron chi connectivity index (χ1n) is 9.58. The first-order valence-corrected chi connectivity index (χ1v) is 9.96.